The maximum atomic E-state index is 13.0. The molecule has 29 heavy (non-hydrogen) atoms. The normalized spacial score (nSPS) is 11.2. The van der Waals surface area contributed by atoms with Gasteiger partial charge in [-0.2, -0.15) is 13.2 Å². The Kier molecular flexibility index (Phi) is 5.92. The molecule has 2 N–H and O–H groups in total. The van der Waals surface area contributed by atoms with Crippen molar-refractivity contribution in [2.24, 2.45) is 0 Å². The van der Waals surface area contributed by atoms with E-state index >= 15 is 0 Å². The van der Waals surface area contributed by atoms with Crippen LogP contribution in [-0.4, -0.2) is 39.6 Å². The standard InChI is InChI=1S/C17H15F3N6O2S/c1-3-21-15(27)26-13-4-10(14-25-12(8-29-14)17(18,19)20)11(7-22-13)9-5-23-16(28-2)24-6-9/h4-8H,3H2,1-2H3,(H2,21,22,26,27). The zero-order valence-electron chi connectivity index (χ0n) is 15.2. The Hall–Kier alpha value is -3.28. The number of alkyl halides is 3. The molecule has 0 saturated heterocycles. The van der Waals surface area contributed by atoms with Crippen molar-refractivity contribution in [3.8, 4) is 27.7 Å². The quantitative estimate of drug-likeness (QED) is 0.646. The zero-order chi connectivity index (χ0) is 21.0. The molecule has 0 atom stereocenters. The summed E-state index contributed by atoms with van der Waals surface area (Å²) in [5, 5.41) is 6.13. The van der Waals surface area contributed by atoms with Crippen LogP contribution in [0.4, 0.5) is 23.8 Å². The van der Waals surface area contributed by atoms with Crippen LogP contribution in [0.1, 0.15) is 12.6 Å². The van der Waals surface area contributed by atoms with Gasteiger partial charge in [-0.3, -0.25) is 5.32 Å². The van der Waals surface area contributed by atoms with Gasteiger partial charge in [-0.15, -0.1) is 11.3 Å². The number of nitrogens with zero attached hydrogens (tertiary/aromatic N) is 4. The van der Waals surface area contributed by atoms with E-state index in [9.17, 15) is 18.0 Å². The first-order valence-corrected chi connectivity index (χ1v) is 9.14. The minimum atomic E-state index is -4.56. The molecule has 0 radical (unpaired) electrons. The molecule has 0 aromatic carbocycles. The molecule has 0 bridgehead atoms. The third-order valence-electron chi connectivity index (χ3n) is 3.63. The lowest BCUT2D eigenvalue weighted by Gasteiger charge is -2.11. The van der Waals surface area contributed by atoms with Gasteiger partial charge in [0.05, 0.1) is 7.11 Å². The third-order valence-corrected chi connectivity index (χ3v) is 4.51. The molecule has 0 saturated carbocycles. The van der Waals surface area contributed by atoms with Crippen molar-refractivity contribution in [3.63, 3.8) is 0 Å². The van der Waals surface area contributed by atoms with E-state index in [1.165, 1.54) is 31.8 Å². The molecule has 152 valence electrons. The summed E-state index contributed by atoms with van der Waals surface area (Å²) >= 11 is 0.831. The predicted molar refractivity (Wildman–Crippen MR) is 101 cm³/mol. The van der Waals surface area contributed by atoms with Crippen LogP contribution in [0.2, 0.25) is 0 Å². The Balaban J connectivity index is 2.07. The largest absolute Gasteiger partial charge is 0.467 e. The van der Waals surface area contributed by atoms with Crippen molar-refractivity contribution in [2.45, 2.75) is 13.1 Å². The highest BCUT2D eigenvalue weighted by Crippen LogP contribution is 2.38. The van der Waals surface area contributed by atoms with E-state index in [1.54, 1.807) is 6.92 Å². The van der Waals surface area contributed by atoms with Crippen LogP contribution in [0.25, 0.3) is 21.7 Å². The van der Waals surface area contributed by atoms with Crippen LogP contribution in [-0.2, 0) is 6.18 Å². The van der Waals surface area contributed by atoms with Crippen LogP contribution in [0, 0.1) is 0 Å². The molecule has 3 heterocycles. The molecule has 3 rings (SSSR count). The summed E-state index contributed by atoms with van der Waals surface area (Å²) in [5.74, 6) is 0.160. The fourth-order valence-electron chi connectivity index (χ4n) is 2.34. The number of carbonyl (C=O) groups is 1. The number of thiazole rings is 1. The Morgan fingerprint density at radius 1 is 1.17 bits per heavy atom. The fraction of sp³-hybridized carbons (Fsp3) is 0.235. The third kappa shape index (κ3) is 4.77. The molecule has 12 heteroatoms. The van der Waals surface area contributed by atoms with Crippen LogP contribution in [0.3, 0.4) is 0 Å². The van der Waals surface area contributed by atoms with Gasteiger partial charge >= 0.3 is 18.2 Å². The summed E-state index contributed by atoms with van der Waals surface area (Å²) in [6.45, 7) is 2.15. The smallest absolute Gasteiger partial charge is 0.434 e. The summed E-state index contributed by atoms with van der Waals surface area (Å²) in [6, 6.07) is 1.11. The lowest BCUT2D eigenvalue weighted by molar-refractivity contribution is -0.140. The summed E-state index contributed by atoms with van der Waals surface area (Å²) in [6.07, 6.45) is -0.229. The van der Waals surface area contributed by atoms with Gasteiger partial charge in [0.15, 0.2) is 5.69 Å². The topological polar surface area (TPSA) is 102 Å². The molecule has 0 unspecified atom stereocenters. The molecule has 3 aromatic rings. The predicted octanol–water partition coefficient (Wildman–Crippen LogP) is 3.83. The van der Waals surface area contributed by atoms with Gasteiger partial charge in [0, 0.05) is 47.2 Å². The Morgan fingerprint density at radius 3 is 2.48 bits per heavy atom. The van der Waals surface area contributed by atoms with Crippen molar-refractivity contribution < 1.29 is 22.7 Å². The van der Waals surface area contributed by atoms with Gasteiger partial charge < -0.3 is 10.1 Å². The number of nitrogens with one attached hydrogen (secondary N) is 2. The van der Waals surface area contributed by atoms with Gasteiger partial charge in [0.2, 0.25) is 0 Å². The Morgan fingerprint density at radius 2 is 1.90 bits per heavy atom. The summed E-state index contributed by atoms with van der Waals surface area (Å²) in [4.78, 5) is 27.6. The lowest BCUT2D eigenvalue weighted by atomic mass is 10.1. The van der Waals surface area contributed by atoms with E-state index < -0.39 is 17.9 Å². The first-order chi connectivity index (χ1) is 13.8. The summed E-state index contributed by atoms with van der Waals surface area (Å²) < 4.78 is 43.9. The van der Waals surface area contributed by atoms with E-state index in [-0.39, 0.29) is 16.8 Å². The van der Waals surface area contributed by atoms with E-state index in [2.05, 4.69) is 30.6 Å². The van der Waals surface area contributed by atoms with Crippen molar-refractivity contribution in [1.29, 1.82) is 0 Å². The minimum absolute atomic E-state index is 0.115. The molecule has 3 aromatic heterocycles. The maximum absolute atomic E-state index is 13.0. The molecule has 0 fully saturated rings. The fourth-order valence-corrected chi connectivity index (χ4v) is 3.20. The van der Waals surface area contributed by atoms with Crippen molar-refractivity contribution in [2.75, 3.05) is 19.0 Å². The van der Waals surface area contributed by atoms with Gasteiger partial charge in [0.1, 0.15) is 10.8 Å². The highest BCUT2D eigenvalue weighted by Gasteiger charge is 2.34. The van der Waals surface area contributed by atoms with Crippen LogP contribution in [0.15, 0.2) is 30.0 Å². The second-order valence-corrected chi connectivity index (χ2v) is 6.45. The highest BCUT2D eigenvalue weighted by molar-refractivity contribution is 7.13. The number of pyridine rings is 1. The number of anilines is 1. The van der Waals surface area contributed by atoms with Gasteiger partial charge in [-0.25, -0.2) is 24.7 Å². The van der Waals surface area contributed by atoms with Crippen LogP contribution >= 0.6 is 11.3 Å². The Bertz CT molecular complexity index is 1010. The summed E-state index contributed by atoms with van der Waals surface area (Å²) in [5.41, 5.74) is 0.310. The molecule has 0 aliphatic carbocycles. The number of hydrogen-bond donors (Lipinski definition) is 2. The van der Waals surface area contributed by atoms with Crippen molar-refractivity contribution >= 4 is 23.2 Å². The average Bonchev–Trinajstić information content (AvgIpc) is 3.19. The SMILES string of the molecule is CCNC(=O)Nc1cc(-c2nc(C(F)(F)F)cs2)c(-c2cnc(OC)nc2)cn1. The molecule has 2 amide bonds. The first kappa shape index (κ1) is 20.5. The Labute approximate surface area is 167 Å². The zero-order valence-corrected chi connectivity index (χ0v) is 16.1. The van der Waals surface area contributed by atoms with Crippen LogP contribution in [0.5, 0.6) is 6.01 Å². The molecular formula is C17H15F3N6O2S. The van der Waals surface area contributed by atoms with E-state index in [0.29, 0.717) is 23.2 Å². The van der Waals surface area contributed by atoms with E-state index in [1.807, 2.05) is 0 Å². The number of urea groups is 1. The summed E-state index contributed by atoms with van der Waals surface area (Å²) in [7, 11) is 1.41. The molecule has 0 aliphatic rings. The molecule has 0 spiro atoms. The van der Waals surface area contributed by atoms with E-state index in [4.69, 9.17) is 4.74 Å². The number of aromatic nitrogens is 4. The molecule has 8 nitrogen and oxygen atoms in total. The minimum Gasteiger partial charge on any atom is -0.467 e. The first-order valence-electron chi connectivity index (χ1n) is 8.26. The highest BCUT2D eigenvalue weighted by atomic mass is 32.1. The number of halogens is 3. The number of rotatable bonds is 5. The van der Waals surface area contributed by atoms with Crippen molar-refractivity contribution in [1.82, 2.24) is 25.3 Å². The van der Waals surface area contributed by atoms with E-state index in [0.717, 1.165) is 16.7 Å². The van der Waals surface area contributed by atoms with Gasteiger partial charge in [0.25, 0.3) is 0 Å². The van der Waals surface area contributed by atoms with Gasteiger partial charge in [-0.1, -0.05) is 0 Å². The monoisotopic (exact) mass is 424 g/mol. The number of ether oxygens (including phenoxy) is 1. The van der Waals surface area contributed by atoms with Crippen LogP contribution < -0.4 is 15.4 Å². The average molecular weight is 424 g/mol. The second-order valence-electron chi connectivity index (χ2n) is 5.59. The lowest BCUT2D eigenvalue weighted by Crippen LogP contribution is -2.28. The second kappa shape index (κ2) is 8.39. The number of methoxy groups -OCH3 is 1. The number of amides is 2. The van der Waals surface area contributed by atoms with Crippen molar-refractivity contribution in [3.05, 3.63) is 35.7 Å². The van der Waals surface area contributed by atoms with Gasteiger partial charge in [-0.05, 0) is 13.0 Å². The molecule has 0 aliphatic heterocycles. The maximum Gasteiger partial charge on any atom is 0.434 e. The number of hydrogen-bond acceptors (Lipinski definition) is 7. The molecular weight excluding hydrogens is 409 g/mol. The number of carbonyl (C=O) groups excluding carboxylic acids is 1.